The van der Waals surface area contributed by atoms with Gasteiger partial charge >= 0.3 is 0 Å². The van der Waals surface area contributed by atoms with Crippen molar-refractivity contribution in [3.8, 4) is 21.8 Å². The zero-order valence-electron chi connectivity index (χ0n) is 19.3. The Hall–Kier alpha value is -2.62. The highest BCUT2D eigenvalue weighted by atomic mass is 32.1. The van der Waals surface area contributed by atoms with Gasteiger partial charge in [0.05, 0.1) is 34.8 Å². The van der Waals surface area contributed by atoms with Crippen LogP contribution in [0, 0.1) is 6.92 Å². The Morgan fingerprint density at radius 2 is 2.00 bits per heavy atom. The van der Waals surface area contributed by atoms with E-state index >= 15 is 0 Å². The van der Waals surface area contributed by atoms with E-state index in [-0.39, 0.29) is 0 Å². The SMILES string of the molecule is Cc1cc(-c2[nH]nc(-c3cnc(C4CCN(C5COC5)CC4)s3)c2C(C)C)cn2ncnc12. The Bertz CT molecular complexity index is 1280. The maximum atomic E-state index is 5.37. The molecule has 2 fully saturated rings. The number of aromatic amines is 1. The van der Waals surface area contributed by atoms with E-state index in [0.29, 0.717) is 17.9 Å². The van der Waals surface area contributed by atoms with E-state index in [1.54, 1.807) is 17.7 Å². The van der Waals surface area contributed by atoms with Crippen LogP contribution in [0.2, 0.25) is 0 Å². The Kier molecular flexibility index (Phi) is 5.27. The van der Waals surface area contributed by atoms with E-state index in [2.05, 4.69) is 46.9 Å². The molecule has 4 aromatic rings. The van der Waals surface area contributed by atoms with Gasteiger partial charge in [-0.3, -0.25) is 10.00 Å². The Balaban J connectivity index is 1.29. The van der Waals surface area contributed by atoms with Crippen LogP contribution in [0.5, 0.6) is 0 Å². The lowest BCUT2D eigenvalue weighted by atomic mass is 9.96. The van der Waals surface area contributed by atoms with Crippen molar-refractivity contribution in [1.29, 1.82) is 0 Å². The lowest BCUT2D eigenvalue weighted by Crippen LogP contribution is -2.51. The molecular formula is C24H29N7OS. The third-order valence-corrected chi connectivity index (χ3v) is 8.17. The molecule has 4 aromatic heterocycles. The minimum absolute atomic E-state index is 0.319. The largest absolute Gasteiger partial charge is 0.378 e. The van der Waals surface area contributed by atoms with Crippen molar-refractivity contribution in [1.82, 2.24) is 34.7 Å². The predicted octanol–water partition coefficient (Wildman–Crippen LogP) is 4.25. The minimum Gasteiger partial charge on any atom is -0.378 e. The van der Waals surface area contributed by atoms with Gasteiger partial charge in [0.25, 0.3) is 0 Å². The number of pyridine rings is 1. The van der Waals surface area contributed by atoms with E-state index in [1.807, 2.05) is 16.9 Å². The van der Waals surface area contributed by atoms with E-state index < -0.39 is 0 Å². The first-order valence-electron chi connectivity index (χ1n) is 11.7. The molecule has 8 nitrogen and oxygen atoms in total. The Labute approximate surface area is 197 Å². The smallest absolute Gasteiger partial charge is 0.158 e. The molecule has 2 aliphatic rings. The normalized spacial score (nSPS) is 18.4. The lowest BCUT2D eigenvalue weighted by Gasteiger charge is -2.41. The quantitative estimate of drug-likeness (QED) is 0.476. The molecular weight excluding hydrogens is 434 g/mol. The summed E-state index contributed by atoms with van der Waals surface area (Å²) < 4.78 is 7.21. The summed E-state index contributed by atoms with van der Waals surface area (Å²) in [6, 6.07) is 2.79. The number of H-pyrrole nitrogens is 1. The number of nitrogens with zero attached hydrogens (tertiary/aromatic N) is 6. The van der Waals surface area contributed by atoms with Crippen LogP contribution in [0.3, 0.4) is 0 Å². The molecule has 172 valence electrons. The van der Waals surface area contributed by atoms with Crippen LogP contribution >= 0.6 is 11.3 Å². The standard InChI is InChI=1S/C24H29N7OS/c1-14(2)20-21(17-8-15(3)23-26-13-27-31(23)10-17)28-29-22(20)19-9-25-24(33-19)16-4-6-30(7-5-16)18-11-32-12-18/h8-10,13-14,16,18H,4-7,11-12H2,1-3H3,(H,28,29). The summed E-state index contributed by atoms with van der Waals surface area (Å²) in [6.45, 7) is 10.6. The Morgan fingerprint density at radius 3 is 2.73 bits per heavy atom. The minimum atomic E-state index is 0.319. The molecule has 6 rings (SSSR count). The molecule has 6 heterocycles. The highest BCUT2D eigenvalue weighted by Gasteiger charge is 2.31. The predicted molar refractivity (Wildman–Crippen MR) is 129 cm³/mol. The number of aromatic nitrogens is 6. The van der Waals surface area contributed by atoms with Gasteiger partial charge in [-0.2, -0.15) is 10.2 Å². The van der Waals surface area contributed by atoms with E-state index in [0.717, 1.165) is 59.3 Å². The van der Waals surface area contributed by atoms with Crippen LogP contribution in [0.25, 0.3) is 27.5 Å². The zero-order valence-corrected chi connectivity index (χ0v) is 20.1. The van der Waals surface area contributed by atoms with Gasteiger partial charge in [0.15, 0.2) is 5.65 Å². The van der Waals surface area contributed by atoms with Crippen molar-refractivity contribution in [2.24, 2.45) is 0 Å². The summed E-state index contributed by atoms with van der Waals surface area (Å²) in [7, 11) is 0. The van der Waals surface area contributed by atoms with Crippen molar-refractivity contribution in [3.05, 3.63) is 40.9 Å². The number of fused-ring (bicyclic) bond motifs is 1. The molecule has 0 aromatic carbocycles. The number of aryl methyl sites for hydroxylation is 1. The van der Waals surface area contributed by atoms with E-state index in [9.17, 15) is 0 Å². The zero-order chi connectivity index (χ0) is 22.5. The van der Waals surface area contributed by atoms with Gasteiger partial charge in [0.1, 0.15) is 12.0 Å². The summed E-state index contributed by atoms with van der Waals surface area (Å²) in [5.74, 6) is 0.860. The second-order valence-electron chi connectivity index (χ2n) is 9.52. The first-order valence-corrected chi connectivity index (χ1v) is 12.6. The molecule has 2 saturated heterocycles. The van der Waals surface area contributed by atoms with Gasteiger partial charge < -0.3 is 4.74 Å². The summed E-state index contributed by atoms with van der Waals surface area (Å²) in [6.07, 6.45) is 7.98. The number of rotatable bonds is 5. The van der Waals surface area contributed by atoms with Crippen LogP contribution in [0.15, 0.2) is 24.8 Å². The van der Waals surface area contributed by atoms with Gasteiger partial charge in [-0.05, 0) is 50.4 Å². The number of thiazole rings is 1. The molecule has 2 aliphatic heterocycles. The van der Waals surface area contributed by atoms with Crippen molar-refractivity contribution in [2.45, 2.75) is 51.5 Å². The number of likely N-dealkylation sites (tertiary alicyclic amines) is 1. The van der Waals surface area contributed by atoms with Crippen LogP contribution in [-0.4, -0.2) is 67.0 Å². The second kappa shape index (κ2) is 8.30. The van der Waals surface area contributed by atoms with Crippen molar-refractivity contribution >= 4 is 17.0 Å². The van der Waals surface area contributed by atoms with E-state index in [4.69, 9.17) is 14.8 Å². The summed E-state index contributed by atoms with van der Waals surface area (Å²) >= 11 is 1.80. The first kappa shape index (κ1) is 20.9. The average Bonchev–Trinajstić information content (AvgIpc) is 3.51. The molecule has 0 amide bonds. The topological polar surface area (TPSA) is 84.2 Å². The third-order valence-electron chi connectivity index (χ3n) is 7.00. The van der Waals surface area contributed by atoms with Crippen molar-refractivity contribution in [3.63, 3.8) is 0 Å². The number of hydrogen-bond acceptors (Lipinski definition) is 7. The van der Waals surface area contributed by atoms with E-state index in [1.165, 1.54) is 23.4 Å². The number of hydrogen-bond donors (Lipinski definition) is 1. The van der Waals surface area contributed by atoms with Gasteiger partial charge in [-0.25, -0.2) is 14.5 Å². The Morgan fingerprint density at radius 1 is 1.18 bits per heavy atom. The van der Waals surface area contributed by atoms with Crippen LogP contribution in [0.4, 0.5) is 0 Å². The fourth-order valence-electron chi connectivity index (χ4n) is 5.08. The molecule has 33 heavy (non-hydrogen) atoms. The molecule has 0 atom stereocenters. The fraction of sp³-hybridized carbons (Fsp3) is 0.500. The van der Waals surface area contributed by atoms with Gasteiger partial charge in [0.2, 0.25) is 0 Å². The molecule has 0 unspecified atom stereocenters. The first-order chi connectivity index (χ1) is 16.1. The van der Waals surface area contributed by atoms with Crippen molar-refractivity contribution < 1.29 is 4.74 Å². The second-order valence-corrected chi connectivity index (χ2v) is 10.6. The monoisotopic (exact) mass is 463 g/mol. The molecule has 0 bridgehead atoms. The summed E-state index contributed by atoms with van der Waals surface area (Å²) in [4.78, 5) is 12.9. The molecule has 0 aliphatic carbocycles. The lowest BCUT2D eigenvalue weighted by molar-refractivity contribution is -0.0712. The highest BCUT2D eigenvalue weighted by molar-refractivity contribution is 7.15. The third kappa shape index (κ3) is 3.68. The molecule has 0 radical (unpaired) electrons. The fourth-order valence-corrected chi connectivity index (χ4v) is 6.17. The van der Waals surface area contributed by atoms with Crippen molar-refractivity contribution in [2.75, 3.05) is 26.3 Å². The molecule has 0 spiro atoms. The van der Waals surface area contributed by atoms with Gasteiger partial charge in [-0.1, -0.05) is 13.8 Å². The summed E-state index contributed by atoms with van der Waals surface area (Å²) in [5.41, 5.74) is 6.34. The number of piperidine rings is 1. The average molecular weight is 464 g/mol. The molecule has 1 N–H and O–H groups in total. The number of ether oxygens (including phenoxy) is 1. The number of nitrogens with one attached hydrogen (secondary N) is 1. The maximum absolute atomic E-state index is 5.37. The summed E-state index contributed by atoms with van der Waals surface area (Å²) in [5, 5.41) is 13.7. The molecule has 9 heteroatoms. The van der Waals surface area contributed by atoms with Gasteiger partial charge in [-0.15, -0.1) is 11.3 Å². The maximum Gasteiger partial charge on any atom is 0.158 e. The van der Waals surface area contributed by atoms with Crippen LogP contribution < -0.4 is 0 Å². The highest BCUT2D eigenvalue weighted by Crippen LogP contribution is 2.40. The van der Waals surface area contributed by atoms with Crippen LogP contribution in [-0.2, 0) is 4.74 Å². The molecule has 0 saturated carbocycles. The van der Waals surface area contributed by atoms with Gasteiger partial charge in [0, 0.05) is 29.4 Å². The van der Waals surface area contributed by atoms with Crippen LogP contribution in [0.1, 0.15) is 54.7 Å².